The van der Waals surface area contributed by atoms with Gasteiger partial charge in [0.15, 0.2) is 0 Å². The van der Waals surface area contributed by atoms with Crippen molar-refractivity contribution < 1.29 is 0 Å². The van der Waals surface area contributed by atoms with Gasteiger partial charge in [0.2, 0.25) is 0 Å². The van der Waals surface area contributed by atoms with Crippen molar-refractivity contribution in [1.82, 2.24) is 0 Å². The normalized spacial score (nSPS) is 15.4. The van der Waals surface area contributed by atoms with Gasteiger partial charge in [0.1, 0.15) is 0 Å². The predicted molar refractivity (Wildman–Crippen MR) is 61.7 cm³/mol. The summed E-state index contributed by atoms with van der Waals surface area (Å²) in [4.78, 5) is 0. The Morgan fingerprint density at radius 3 is 2.46 bits per heavy atom. The zero-order chi connectivity index (χ0) is 10.3. The van der Waals surface area contributed by atoms with Crippen LogP contribution in [0.15, 0.2) is 37.0 Å². The molecule has 13 heavy (non-hydrogen) atoms. The van der Waals surface area contributed by atoms with Crippen molar-refractivity contribution in [2.45, 2.75) is 34.1 Å². The van der Waals surface area contributed by atoms with Crippen LogP contribution < -0.4 is 0 Å². The van der Waals surface area contributed by atoms with E-state index in [4.69, 9.17) is 0 Å². The summed E-state index contributed by atoms with van der Waals surface area (Å²) in [5.74, 6) is 0.573. The van der Waals surface area contributed by atoms with Crippen LogP contribution in [0.5, 0.6) is 0 Å². The minimum absolute atomic E-state index is 0.256. The van der Waals surface area contributed by atoms with E-state index in [0.717, 1.165) is 6.42 Å². The highest BCUT2D eigenvalue weighted by atomic mass is 14.2. The molecule has 0 aromatic rings. The minimum atomic E-state index is 0.256. The van der Waals surface area contributed by atoms with E-state index in [-0.39, 0.29) is 5.41 Å². The van der Waals surface area contributed by atoms with E-state index in [9.17, 15) is 0 Å². The highest BCUT2D eigenvalue weighted by molar-refractivity contribution is 5.03. The molecule has 0 bridgehead atoms. The summed E-state index contributed by atoms with van der Waals surface area (Å²) in [5, 5.41) is 0. The van der Waals surface area contributed by atoms with E-state index in [1.807, 2.05) is 6.08 Å². The molecule has 1 unspecified atom stereocenters. The molecule has 0 fully saturated rings. The summed E-state index contributed by atoms with van der Waals surface area (Å²) in [7, 11) is 0. The molecule has 0 aliphatic carbocycles. The molecule has 0 rings (SSSR count). The van der Waals surface area contributed by atoms with Gasteiger partial charge in [-0.2, -0.15) is 0 Å². The topological polar surface area (TPSA) is 0 Å². The molecule has 0 aliphatic rings. The van der Waals surface area contributed by atoms with Crippen LogP contribution in [-0.4, -0.2) is 0 Å². The molecule has 0 saturated carbocycles. The third-order valence-electron chi connectivity index (χ3n) is 2.50. The van der Waals surface area contributed by atoms with Crippen LogP contribution in [0.2, 0.25) is 0 Å². The average Bonchev–Trinajstić information content (AvgIpc) is 2.04. The van der Waals surface area contributed by atoms with Gasteiger partial charge in [0, 0.05) is 0 Å². The van der Waals surface area contributed by atoms with Crippen LogP contribution in [-0.2, 0) is 0 Å². The highest BCUT2D eigenvalue weighted by Crippen LogP contribution is 2.29. The van der Waals surface area contributed by atoms with Crippen molar-refractivity contribution in [3.63, 3.8) is 0 Å². The second-order valence-corrected chi connectivity index (χ2v) is 4.06. The Morgan fingerprint density at radius 2 is 2.00 bits per heavy atom. The Kier molecular flexibility index (Phi) is 5.45. The molecular formula is C13H22. The molecule has 0 amide bonds. The second kappa shape index (κ2) is 5.80. The fourth-order valence-electron chi connectivity index (χ4n) is 1.21. The van der Waals surface area contributed by atoms with E-state index < -0.39 is 0 Å². The first kappa shape index (κ1) is 12.2. The molecule has 0 saturated heterocycles. The van der Waals surface area contributed by atoms with Gasteiger partial charge in [0.25, 0.3) is 0 Å². The Bertz CT molecular complexity index is 194. The summed E-state index contributed by atoms with van der Waals surface area (Å²) in [6, 6.07) is 0. The molecule has 74 valence electrons. The third kappa shape index (κ3) is 4.72. The lowest BCUT2D eigenvalue weighted by Crippen LogP contribution is -2.16. The zero-order valence-electron chi connectivity index (χ0n) is 9.38. The number of hydrogen-bond acceptors (Lipinski definition) is 0. The Balaban J connectivity index is 4.22. The van der Waals surface area contributed by atoms with Gasteiger partial charge in [-0.25, -0.2) is 0 Å². The molecule has 0 aromatic heterocycles. The molecule has 1 atom stereocenters. The maximum absolute atomic E-state index is 3.69. The Labute approximate surface area is 83.0 Å². The van der Waals surface area contributed by atoms with Gasteiger partial charge in [0.05, 0.1) is 0 Å². The van der Waals surface area contributed by atoms with Gasteiger partial charge in [-0.15, -0.1) is 6.58 Å². The van der Waals surface area contributed by atoms with Gasteiger partial charge in [-0.3, -0.25) is 0 Å². The van der Waals surface area contributed by atoms with E-state index in [1.54, 1.807) is 0 Å². The van der Waals surface area contributed by atoms with Gasteiger partial charge in [-0.05, 0) is 24.7 Å². The molecule has 0 aromatic carbocycles. The van der Waals surface area contributed by atoms with Crippen molar-refractivity contribution in [3.8, 4) is 0 Å². The predicted octanol–water partition coefficient (Wildman–Crippen LogP) is 4.36. The Hall–Kier alpha value is -0.780. The lowest BCUT2D eigenvalue weighted by Gasteiger charge is -2.25. The van der Waals surface area contributed by atoms with Gasteiger partial charge >= 0.3 is 0 Å². The van der Waals surface area contributed by atoms with Crippen molar-refractivity contribution in [2.24, 2.45) is 11.3 Å². The monoisotopic (exact) mass is 178 g/mol. The average molecular weight is 178 g/mol. The maximum atomic E-state index is 3.69. The summed E-state index contributed by atoms with van der Waals surface area (Å²) >= 11 is 0. The largest absolute Gasteiger partial charge is 0.103 e. The third-order valence-corrected chi connectivity index (χ3v) is 2.50. The lowest BCUT2D eigenvalue weighted by atomic mass is 9.79. The quantitative estimate of drug-likeness (QED) is 0.549. The molecule has 0 nitrogen and oxygen atoms in total. The summed E-state index contributed by atoms with van der Waals surface area (Å²) in [5.41, 5.74) is 0.256. The first-order chi connectivity index (χ1) is 6.04. The second-order valence-electron chi connectivity index (χ2n) is 4.06. The number of allylic oxidation sites excluding steroid dienone is 5. The zero-order valence-corrected chi connectivity index (χ0v) is 9.38. The molecular weight excluding hydrogens is 156 g/mol. The SMILES string of the molecule is C=CCC=CC(C)C(C)(C)C=CC. The van der Waals surface area contributed by atoms with Crippen molar-refractivity contribution in [3.05, 3.63) is 37.0 Å². The van der Waals surface area contributed by atoms with Crippen molar-refractivity contribution >= 4 is 0 Å². The standard InChI is InChI=1S/C13H22/c1-6-8-9-10-12(3)13(4,5)11-7-2/h6-7,9-12H,1,8H2,2-5H3. The summed E-state index contributed by atoms with van der Waals surface area (Å²) < 4.78 is 0. The molecule has 0 radical (unpaired) electrons. The maximum Gasteiger partial charge on any atom is -0.0115 e. The fraction of sp³-hybridized carbons (Fsp3) is 0.538. The van der Waals surface area contributed by atoms with Crippen LogP contribution in [0.3, 0.4) is 0 Å². The molecule has 0 heterocycles. The van der Waals surface area contributed by atoms with E-state index >= 15 is 0 Å². The Morgan fingerprint density at radius 1 is 1.38 bits per heavy atom. The first-order valence-electron chi connectivity index (χ1n) is 4.96. The van der Waals surface area contributed by atoms with Crippen LogP contribution in [0.25, 0.3) is 0 Å². The first-order valence-corrected chi connectivity index (χ1v) is 4.96. The molecule has 0 heteroatoms. The number of hydrogen-bond donors (Lipinski definition) is 0. The molecule has 0 spiro atoms. The van der Waals surface area contributed by atoms with E-state index in [2.05, 4.69) is 58.6 Å². The van der Waals surface area contributed by atoms with Crippen molar-refractivity contribution in [1.29, 1.82) is 0 Å². The van der Waals surface area contributed by atoms with Gasteiger partial charge in [-0.1, -0.05) is 51.2 Å². The van der Waals surface area contributed by atoms with E-state index in [1.165, 1.54) is 0 Å². The molecule has 0 aliphatic heterocycles. The van der Waals surface area contributed by atoms with Crippen molar-refractivity contribution in [2.75, 3.05) is 0 Å². The summed E-state index contributed by atoms with van der Waals surface area (Å²) in [6.45, 7) is 12.5. The molecule has 0 N–H and O–H groups in total. The minimum Gasteiger partial charge on any atom is -0.103 e. The van der Waals surface area contributed by atoms with Gasteiger partial charge < -0.3 is 0 Å². The van der Waals surface area contributed by atoms with Crippen LogP contribution in [0.4, 0.5) is 0 Å². The lowest BCUT2D eigenvalue weighted by molar-refractivity contribution is 0.367. The number of rotatable bonds is 5. The van der Waals surface area contributed by atoms with Crippen LogP contribution in [0.1, 0.15) is 34.1 Å². The summed E-state index contributed by atoms with van der Waals surface area (Å²) in [6.07, 6.45) is 11.7. The smallest absolute Gasteiger partial charge is 0.0115 e. The van der Waals surface area contributed by atoms with E-state index in [0.29, 0.717) is 5.92 Å². The fourth-order valence-corrected chi connectivity index (χ4v) is 1.21. The highest BCUT2D eigenvalue weighted by Gasteiger charge is 2.19. The van der Waals surface area contributed by atoms with Crippen LogP contribution in [0, 0.1) is 11.3 Å². The van der Waals surface area contributed by atoms with Crippen LogP contribution >= 0.6 is 0 Å².